The number of nitrogens with one attached hydrogen (secondary N) is 1. The molecule has 1 aliphatic rings. The van der Waals surface area contributed by atoms with Crippen LogP contribution >= 0.6 is 0 Å². The minimum Gasteiger partial charge on any atom is -0.396 e. The molecule has 84 valence electrons. The van der Waals surface area contributed by atoms with E-state index in [9.17, 15) is 9.90 Å². The van der Waals surface area contributed by atoms with Crippen LogP contribution in [0.5, 0.6) is 0 Å². The third-order valence-corrected chi connectivity index (χ3v) is 2.69. The van der Waals surface area contributed by atoms with Gasteiger partial charge in [-0.3, -0.25) is 4.79 Å². The molecule has 16 heavy (non-hydrogen) atoms. The molecule has 2 rings (SSSR count). The fraction of sp³-hybridized carbons (Fsp3) is 0.333. The second-order valence-corrected chi connectivity index (χ2v) is 3.98. The zero-order valence-electron chi connectivity index (χ0n) is 9.10. The van der Waals surface area contributed by atoms with Gasteiger partial charge in [0, 0.05) is 12.3 Å². The summed E-state index contributed by atoms with van der Waals surface area (Å²) in [5.74, 6) is -0.341. The first-order valence-corrected chi connectivity index (χ1v) is 5.25. The number of carbonyl (C=O) groups is 1. The number of nitrogens with zero attached hydrogens (tertiary/aromatic N) is 1. The highest BCUT2D eigenvalue weighted by molar-refractivity contribution is 6.05. The Labute approximate surface area is 94.0 Å². The van der Waals surface area contributed by atoms with Gasteiger partial charge in [-0.1, -0.05) is 29.8 Å². The van der Waals surface area contributed by atoms with Crippen LogP contribution in [0.15, 0.2) is 29.4 Å². The minimum absolute atomic E-state index is 0.0554. The van der Waals surface area contributed by atoms with E-state index in [0.29, 0.717) is 6.42 Å². The molecule has 1 amide bonds. The highest BCUT2D eigenvalue weighted by Crippen LogP contribution is 2.16. The quantitative estimate of drug-likeness (QED) is 0.772. The number of aliphatic hydroxyl groups excluding tert-OH is 1. The molecule has 4 heteroatoms. The van der Waals surface area contributed by atoms with E-state index in [4.69, 9.17) is 0 Å². The van der Waals surface area contributed by atoms with Crippen molar-refractivity contribution in [3.63, 3.8) is 0 Å². The molecule has 0 radical (unpaired) electrons. The molecule has 4 nitrogen and oxygen atoms in total. The van der Waals surface area contributed by atoms with Crippen molar-refractivity contribution >= 4 is 11.6 Å². The van der Waals surface area contributed by atoms with Gasteiger partial charge in [0.25, 0.3) is 0 Å². The Hall–Kier alpha value is -1.68. The molecule has 1 aromatic carbocycles. The number of hydrazone groups is 1. The van der Waals surface area contributed by atoms with Gasteiger partial charge >= 0.3 is 0 Å². The van der Waals surface area contributed by atoms with Crippen LogP contribution in [0.25, 0.3) is 0 Å². The first kappa shape index (κ1) is 10.8. The first-order valence-electron chi connectivity index (χ1n) is 5.25. The topological polar surface area (TPSA) is 61.7 Å². The highest BCUT2D eigenvalue weighted by atomic mass is 16.3. The van der Waals surface area contributed by atoms with Gasteiger partial charge in [-0.2, -0.15) is 5.10 Å². The van der Waals surface area contributed by atoms with Gasteiger partial charge in [0.15, 0.2) is 0 Å². The lowest BCUT2D eigenvalue weighted by Gasteiger charge is -2.20. The van der Waals surface area contributed by atoms with E-state index in [1.807, 2.05) is 31.2 Å². The summed E-state index contributed by atoms with van der Waals surface area (Å²) in [5.41, 5.74) is 5.32. The number of amides is 1. The summed E-state index contributed by atoms with van der Waals surface area (Å²) in [6.07, 6.45) is 0.295. The van der Waals surface area contributed by atoms with Crippen molar-refractivity contribution in [2.75, 3.05) is 6.61 Å². The van der Waals surface area contributed by atoms with E-state index >= 15 is 0 Å². The van der Waals surface area contributed by atoms with Crippen LogP contribution in [-0.2, 0) is 4.79 Å². The van der Waals surface area contributed by atoms with Crippen molar-refractivity contribution in [3.8, 4) is 0 Å². The third-order valence-electron chi connectivity index (χ3n) is 2.69. The molecule has 1 heterocycles. The number of hydrogen-bond donors (Lipinski definition) is 2. The molecule has 0 saturated carbocycles. The number of benzene rings is 1. The van der Waals surface area contributed by atoms with Gasteiger partial charge in [-0.05, 0) is 12.5 Å². The molecule has 0 aromatic heterocycles. The summed E-state index contributed by atoms with van der Waals surface area (Å²) in [7, 11) is 0. The van der Waals surface area contributed by atoms with Crippen molar-refractivity contribution in [1.82, 2.24) is 5.43 Å². The lowest BCUT2D eigenvalue weighted by molar-refractivity contribution is -0.122. The second kappa shape index (κ2) is 4.45. The Bertz CT molecular complexity index is 423. The molecule has 0 fully saturated rings. The summed E-state index contributed by atoms with van der Waals surface area (Å²) in [6.45, 7) is 1.96. The Morgan fingerprint density at radius 3 is 2.75 bits per heavy atom. The Morgan fingerprint density at radius 1 is 1.44 bits per heavy atom. The second-order valence-electron chi connectivity index (χ2n) is 3.98. The third kappa shape index (κ3) is 2.12. The van der Waals surface area contributed by atoms with E-state index in [-0.39, 0.29) is 18.4 Å². The molecule has 0 bridgehead atoms. The maximum atomic E-state index is 11.1. The number of rotatable bonds is 2. The predicted octanol–water partition coefficient (Wildman–Crippen LogP) is 0.828. The van der Waals surface area contributed by atoms with Crippen molar-refractivity contribution in [1.29, 1.82) is 0 Å². The van der Waals surface area contributed by atoms with Gasteiger partial charge in [-0.15, -0.1) is 0 Å². The van der Waals surface area contributed by atoms with Gasteiger partial charge in [-0.25, -0.2) is 5.43 Å². The molecule has 0 saturated heterocycles. The fourth-order valence-electron chi connectivity index (χ4n) is 1.76. The van der Waals surface area contributed by atoms with E-state index in [1.54, 1.807) is 0 Å². The van der Waals surface area contributed by atoms with Crippen LogP contribution in [-0.4, -0.2) is 23.3 Å². The largest absolute Gasteiger partial charge is 0.396 e. The van der Waals surface area contributed by atoms with Crippen LogP contribution < -0.4 is 5.43 Å². The van der Waals surface area contributed by atoms with E-state index in [0.717, 1.165) is 11.3 Å². The average Bonchev–Trinajstić information content (AvgIpc) is 2.30. The van der Waals surface area contributed by atoms with E-state index < -0.39 is 0 Å². The normalized spacial score (nSPS) is 20.2. The zero-order valence-corrected chi connectivity index (χ0v) is 9.10. The number of aryl methyl sites for hydroxylation is 1. The summed E-state index contributed by atoms with van der Waals surface area (Å²) in [4.78, 5) is 11.1. The molecular formula is C12H14N2O2. The molecule has 0 aliphatic carbocycles. The summed E-state index contributed by atoms with van der Waals surface area (Å²) < 4.78 is 0. The maximum absolute atomic E-state index is 11.1. The lowest BCUT2D eigenvalue weighted by Crippen LogP contribution is -2.35. The highest BCUT2D eigenvalue weighted by Gasteiger charge is 2.24. The van der Waals surface area contributed by atoms with Crippen LogP contribution in [0.4, 0.5) is 0 Å². The Kier molecular flexibility index (Phi) is 3.01. The van der Waals surface area contributed by atoms with Crippen molar-refractivity contribution in [2.24, 2.45) is 11.0 Å². The molecule has 1 unspecified atom stereocenters. The Balaban J connectivity index is 2.31. The first-order chi connectivity index (χ1) is 7.70. The zero-order chi connectivity index (χ0) is 11.5. The monoisotopic (exact) mass is 218 g/mol. The van der Waals surface area contributed by atoms with Crippen molar-refractivity contribution < 1.29 is 9.90 Å². The fourth-order valence-corrected chi connectivity index (χ4v) is 1.76. The van der Waals surface area contributed by atoms with Crippen LogP contribution in [0.2, 0.25) is 0 Å². The van der Waals surface area contributed by atoms with Crippen molar-refractivity contribution in [3.05, 3.63) is 35.4 Å². The van der Waals surface area contributed by atoms with Crippen LogP contribution in [0.1, 0.15) is 17.5 Å². The van der Waals surface area contributed by atoms with Crippen LogP contribution in [0, 0.1) is 12.8 Å². The standard InChI is InChI=1S/C12H14N2O2/c1-8-2-4-9(5-3-8)12-10(7-15)6-11(16)13-14-12/h2-5,10,15H,6-7H2,1H3,(H,13,16). The molecular weight excluding hydrogens is 204 g/mol. The molecule has 2 N–H and O–H groups in total. The minimum atomic E-state index is -0.198. The number of carbonyl (C=O) groups excluding carboxylic acids is 1. The summed E-state index contributed by atoms with van der Waals surface area (Å²) in [5, 5.41) is 13.3. The maximum Gasteiger partial charge on any atom is 0.240 e. The van der Waals surface area contributed by atoms with Crippen molar-refractivity contribution in [2.45, 2.75) is 13.3 Å². The Morgan fingerprint density at radius 2 is 2.12 bits per heavy atom. The molecule has 1 aromatic rings. The number of hydrogen-bond acceptors (Lipinski definition) is 3. The SMILES string of the molecule is Cc1ccc(C2=NNC(=O)CC2CO)cc1. The van der Waals surface area contributed by atoms with Gasteiger partial charge in [0.05, 0.1) is 12.3 Å². The van der Waals surface area contributed by atoms with Gasteiger partial charge in [0.1, 0.15) is 0 Å². The molecule has 0 spiro atoms. The lowest BCUT2D eigenvalue weighted by atomic mass is 9.93. The van der Waals surface area contributed by atoms with E-state index in [1.165, 1.54) is 5.56 Å². The van der Waals surface area contributed by atoms with Gasteiger partial charge in [0.2, 0.25) is 5.91 Å². The van der Waals surface area contributed by atoms with Gasteiger partial charge < -0.3 is 5.11 Å². The van der Waals surface area contributed by atoms with E-state index in [2.05, 4.69) is 10.5 Å². The average molecular weight is 218 g/mol. The summed E-state index contributed by atoms with van der Waals surface area (Å²) in [6, 6.07) is 7.88. The molecule has 1 aliphatic heterocycles. The number of aliphatic hydroxyl groups is 1. The smallest absolute Gasteiger partial charge is 0.240 e. The van der Waals surface area contributed by atoms with Crippen LogP contribution in [0.3, 0.4) is 0 Å². The summed E-state index contributed by atoms with van der Waals surface area (Å²) >= 11 is 0. The predicted molar refractivity (Wildman–Crippen MR) is 61.1 cm³/mol. The molecule has 1 atom stereocenters.